The van der Waals surface area contributed by atoms with E-state index in [2.05, 4.69) is 54.3 Å². The number of benzene rings is 1. The van der Waals surface area contributed by atoms with Crippen molar-refractivity contribution >= 4 is 5.82 Å². The fourth-order valence-electron chi connectivity index (χ4n) is 3.37. The van der Waals surface area contributed by atoms with Crippen molar-refractivity contribution in [1.29, 1.82) is 0 Å². The summed E-state index contributed by atoms with van der Waals surface area (Å²) in [6, 6.07) is 6.59. The number of hydrogen-bond acceptors (Lipinski definition) is 4. The van der Waals surface area contributed by atoms with E-state index in [4.69, 9.17) is 4.74 Å². The molecule has 0 aliphatic rings. The first-order valence-corrected chi connectivity index (χ1v) is 10.4. The molecule has 1 aromatic carbocycles. The Morgan fingerprint density at radius 3 is 2.56 bits per heavy atom. The molecule has 1 heterocycles. The molecule has 0 aliphatic carbocycles. The van der Waals surface area contributed by atoms with Gasteiger partial charge in [0.15, 0.2) is 0 Å². The van der Waals surface area contributed by atoms with E-state index in [1.54, 1.807) is 6.33 Å². The Labute approximate surface area is 164 Å². The van der Waals surface area contributed by atoms with Crippen LogP contribution in [0.2, 0.25) is 0 Å². The van der Waals surface area contributed by atoms with E-state index in [9.17, 15) is 0 Å². The average molecular weight is 370 g/mol. The van der Waals surface area contributed by atoms with E-state index < -0.39 is 0 Å². The van der Waals surface area contributed by atoms with Gasteiger partial charge in [-0.25, -0.2) is 9.97 Å². The van der Waals surface area contributed by atoms with E-state index in [0.29, 0.717) is 6.61 Å². The van der Waals surface area contributed by atoms with Crippen LogP contribution in [-0.2, 0) is 12.8 Å². The third kappa shape index (κ3) is 6.85. The van der Waals surface area contributed by atoms with Gasteiger partial charge in [-0.1, -0.05) is 51.7 Å². The Morgan fingerprint density at radius 1 is 1.00 bits per heavy atom. The van der Waals surface area contributed by atoms with Gasteiger partial charge < -0.3 is 10.1 Å². The number of hydrogen-bond donors (Lipinski definition) is 1. The largest absolute Gasteiger partial charge is 0.491 e. The third-order valence-corrected chi connectivity index (χ3v) is 4.97. The Morgan fingerprint density at radius 2 is 1.81 bits per heavy atom. The van der Waals surface area contributed by atoms with Crippen LogP contribution in [0.5, 0.6) is 5.75 Å². The van der Waals surface area contributed by atoms with E-state index >= 15 is 0 Å². The highest BCUT2D eigenvalue weighted by molar-refractivity contribution is 5.45. The predicted octanol–water partition coefficient (Wildman–Crippen LogP) is 5.66. The van der Waals surface area contributed by atoms with Crippen molar-refractivity contribution in [2.75, 3.05) is 18.5 Å². The first-order valence-electron chi connectivity index (χ1n) is 10.4. The zero-order valence-corrected chi connectivity index (χ0v) is 17.5. The maximum atomic E-state index is 5.97. The lowest BCUT2D eigenvalue weighted by Gasteiger charge is -2.13. The number of anilines is 1. The van der Waals surface area contributed by atoms with Crippen LogP contribution < -0.4 is 10.1 Å². The highest BCUT2D eigenvalue weighted by Gasteiger charge is 2.06. The molecule has 0 amide bonds. The van der Waals surface area contributed by atoms with Gasteiger partial charge in [-0.3, -0.25) is 0 Å². The standard InChI is InChI=1S/C23H35N3O/c1-5-7-8-9-10-11-20-12-13-22(18(3)16-20)27-15-14-24-23-21(6-2)19(4)25-17-26-23/h12-13,16-17H,5-11,14-15H2,1-4H3,(H,24,25,26). The van der Waals surface area contributed by atoms with Crippen LogP contribution in [0.1, 0.15) is 68.3 Å². The van der Waals surface area contributed by atoms with E-state index in [1.807, 2.05) is 6.92 Å². The maximum absolute atomic E-state index is 5.97. The number of nitrogens with zero attached hydrogens (tertiary/aromatic N) is 2. The lowest BCUT2D eigenvalue weighted by Crippen LogP contribution is -2.14. The third-order valence-electron chi connectivity index (χ3n) is 4.97. The second-order valence-corrected chi connectivity index (χ2v) is 7.18. The van der Waals surface area contributed by atoms with Crippen LogP contribution in [0.15, 0.2) is 24.5 Å². The first-order chi connectivity index (χ1) is 13.2. The van der Waals surface area contributed by atoms with Crippen LogP contribution in [0.4, 0.5) is 5.82 Å². The number of aryl methyl sites for hydroxylation is 3. The summed E-state index contributed by atoms with van der Waals surface area (Å²) < 4.78 is 5.97. The molecule has 0 atom stereocenters. The summed E-state index contributed by atoms with van der Waals surface area (Å²) in [5.41, 5.74) is 4.85. The van der Waals surface area contributed by atoms with Crippen molar-refractivity contribution in [3.05, 3.63) is 46.9 Å². The minimum absolute atomic E-state index is 0.614. The molecular weight excluding hydrogens is 334 g/mol. The number of nitrogens with one attached hydrogen (secondary N) is 1. The molecule has 0 radical (unpaired) electrons. The normalized spacial score (nSPS) is 10.8. The van der Waals surface area contributed by atoms with Gasteiger partial charge in [-0.05, 0) is 50.3 Å². The van der Waals surface area contributed by atoms with Crippen LogP contribution >= 0.6 is 0 Å². The number of ether oxygens (including phenoxy) is 1. The van der Waals surface area contributed by atoms with Gasteiger partial charge in [-0.2, -0.15) is 0 Å². The summed E-state index contributed by atoms with van der Waals surface area (Å²) >= 11 is 0. The van der Waals surface area contributed by atoms with Crippen LogP contribution in [0.25, 0.3) is 0 Å². The molecule has 0 unspecified atom stereocenters. The molecule has 1 aromatic heterocycles. The summed E-state index contributed by atoms with van der Waals surface area (Å²) in [5.74, 6) is 1.89. The highest BCUT2D eigenvalue weighted by atomic mass is 16.5. The van der Waals surface area contributed by atoms with Crippen molar-refractivity contribution in [3.63, 3.8) is 0 Å². The van der Waals surface area contributed by atoms with Gasteiger partial charge in [0.1, 0.15) is 24.5 Å². The molecule has 4 heteroatoms. The van der Waals surface area contributed by atoms with Gasteiger partial charge in [0.05, 0.1) is 6.54 Å². The fraction of sp³-hybridized carbons (Fsp3) is 0.565. The lowest BCUT2D eigenvalue weighted by molar-refractivity contribution is 0.330. The monoisotopic (exact) mass is 369 g/mol. The smallest absolute Gasteiger partial charge is 0.132 e. The van der Waals surface area contributed by atoms with Gasteiger partial charge in [0.2, 0.25) is 0 Å². The van der Waals surface area contributed by atoms with Gasteiger partial charge in [-0.15, -0.1) is 0 Å². The Kier molecular flexibility index (Phi) is 9.09. The summed E-state index contributed by atoms with van der Waals surface area (Å²) in [6.45, 7) is 9.88. The number of aromatic nitrogens is 2. The van der Waals surface area contributed by atoms with Crippen LogP contribution in [0.3, 0.4) is 0 Å². The molecule has 0 fully saturated rings. The lowest BCUT2D eigenvalue weighted by atomic mass is 10.0. The molecule has 148 valence electrons. The number of unbranched alkanes of at least 4 members (excludes halogenated alkanes) is 4. The average Bonchev–Trinajstić information content (AvgIpc) is 2.66. The van der Waals surface area contributed by atoms with Crippen LogP contribution in [-0.4, -0.2) is 23.1 Å². The maximum Gasteiger partial charge on any atom is 0.132 e. The van der Waals surface area contributed by atoms with E-state index in [-0.39, 0.29) is 0 Å². The van der Waals surface area contributed by atoms with Crippen molar-refractivity contribution in [1.82, 2.24) is 9.97 Å². The molecule has 2 rings (SSSR count). The quantitative estimate of drug-likeness (QED) is 0.490. The molecule has 1 N–H and O–H groups in total. The van der Waals surface area contributed by atoms with Crippen molar-refractivity contribution in [3.8, 4) is 5.75 Å². The zero-order valence-electron chi connectivity index (χ0n) is 17.5. The molecular formula is C23H35N3O. The predicted molar refractivity (Wildman–Crippen MR) is 114 cm³/mol. The summed E-state index contributed by atoms with van der Waals surface area (Å²) in [5, 5.41) is 3.37. The van der Waals surface area contributed by atoms with Gasteiger partial charge in [0.25, 0.3) is 0 Å². The molecule has 0 aliphatic heterocycles. The second kappa shape index (κ2) is 11.6. The number of rotatable bonds is 12. The topological polar surface area (TPSA) is 47.0 Å². The van der Waals surface area contributed by atoms with E-state index in [0.717, 1.165) is 30.2 Å². The van der Waals surface area contributed by atoms with Crippen molar-refractivity contribution < 1.29 is 4.74 Å². The minimum atomic E-state index is 0.614. The molecule has 0 saturated heterocycles. The summed E-state index contributed by atoms with van der Waals surface area (Å²) in [7, 11) is 0. The van der Waals surface area contributed by atoms with Crippen LogP contribution in [0, 0.1) is 13.8 Å². The molecule has 4 nitrogen and oxygen atoms in total. The molecule has 0 spiro atoms. The van der Waals surface area contributed by atoms with Crippen molar-refractivity contribution in [2.45, 2.75) is 72.6 Å². The Hall–Kier alpha value is -2.10. The Balaban J connectivity index is 1.77. The zero-order chi connectivity index (χ0) is 19.5. The van der Waals surface area contributed by atoms with E-state index in [1.165, 1.54) is 55.2 Å². The van der Waals surface area contributed by atoms with Gasteiger partial charge >= 0.3 is 0 Å². The molecule has 0 saturated carbocycles. The second-order valence-electron chi connectivity index (χ2n) is 7.18. The summed E-state index contributed by atoms with van der Waals surface area (Å²) in [6.07, 6.45) is 10.3. The molecule has 2 aromatic rings. The SMILES string of the molecule is CCCCCCCc1ccc(OCCNc2ncnc(C)c2CC)c(C)c1. The summed E-state index contributed by atoms with van der Waals surface area (Å²) in [4.78, 5) is 8.61. The van der Waals surface area contributed by atoms with Gasteiger partial charge in [0, 0.05) is 11.3 Å². The minimum Gasteiger partial charge on any atom is -0.491 e. The Bertz CT molecular complexity index is 700. The first kappa shape index (κ1) is 21.2. The van der Waals surface area contributed by atoms with Crippen molar-refractivity contribution in [2.24, 2.45) is 0 Å². The molecule has 0 bridgehead atoms. The highest BCUT2D eigenvalue weighted by Crippen LogP contribution is 2.21. The fourth-order valence-corrected chi connectivity index (χ4v) is 3.37. The molecule has 27 heavy (non-hydrogen) atoms.